The van der Waals surface area contributed by atoms with Crippen LogP contribution in [0.3, 0.4) is 0 Å². The molecule has 1 saturated heterocycles. The molecule has 0 saturated carbocycles. The number of likely N-dealkylation sites (N-methyl/N-ethyl adjacent to an activating group) is 1. The third-order valence-corrected chi connectivity index (χ3v) is 5.86. The lowest BCUT2D eigenvalue weighted by molar-refractivity contribution is 0.0299. The minimum Gasteiger partial charge on any atom is -0.446 e. The highest BCUT2D eigenvalue weighted by atomic mass is 19.1. The Morgan fingerprint density at radius 1 is 1.34 bits per heavy atom. The number of allylic oxidation sites excluding steroid dienone is 2. The zero-order chi connectivity index (χ0) is 23.1. The SMILES string of the molecule is Cc1cc(F)ccc1[C@H]1C[C@@H](OC(=O)NCCO)CCN1C(=O)N(C)CC1=CCCC=C1. The molecule has 0 bridgehead atoms. The molecule has 0 radical (unpaired) electrons. The van der Waals surface area contributed by atoms with Crippen LogP contribution >= 0.6 is 0 Å². The summed E-state index contributed by atoms with van der Waals surface area (Å²) >= 11 is 0. The Balaban J connectivity index is 1.77. The molecule has 2 N–H and O–H groups in total. The zero-order valence-corrected chi connectivity index (χ0v) is 18.7. The lowest BCUT2D eigenvalue weighted by Crippen LogP contribution is -2.49. The van der Waals surface area contributed by atoms with Crippen molar-refractivity contribution < 1.29 is 23.8 Å². The van der Waals surface area contributed by atoms with Gasteiger partial charge in [-0.3, -0.25) is 0 Å². The summed E-state index contributed by atoms with van der Waals surface area (Å²) < 4.78 is 19.2. The average molecular weight is 446 g/mol. The van der Waals surface area contributed by atoms with E-state index in [1.54, 1.807) is 22.9 Å². The number of hydrogen-bond acceptors (Lipinski definition) is 4. The fourth-order valence-electron chi connectivity index (χ4n) is 4.27. The first-order chi connectivity index (χ1) is 15.4. The Hall–Kier alpha value is -2.87. The molecule has 174 valence electrons. The molecule has 1 heterocycles. The average Bonchev–Trinajstić information content (AvgIpc) is 2.78. The van der Waals surface area contributed by atoms with Gasteiger partial charge in [0.15, 0.2) is 0 Å². The van der Waals surface area contributed by atoms with E-state index in [0.29, 0.717) is 25.9 Å². The topological polar surface area (TPSA) is 82.1 Å². The number of aryl methyl sites for hydroxylation is 1. The van der Waals surface area contributed by atoms with Crippen molar-refractivity contribution in [3.8, 4) is 0 Å². The lowest BCUT2D eigenvalue weighted by Gasteiger charge is -2.41. The molecule has 1 aliphatic carbocycles. The number of halogens is 1. The highest BCUT2D eigenvalue weighted by molar-refractivity contribution is 5.75. The largest absolute Gasteiger partial charge is 0.446 e. The molecular weight excluding hydrogens is 413 g/mol. The normalized spacial score (nSPS) is 20.5. The van der Waals surface area contributed by atoms with Gasteiger partial charge in [-0.2, -0.15) is 0 Å². The van der Waals surface area contributed by atoms with E-state index in [2.05, 4.69) is 23.5 Å². The maximum absolute atomic E-state index is 13.7. The summed E-state index contributed by atoms with van der Waals surface area (Å²) in [4.78, 5) is 28.8. The summed E-state index contributed by atoms with van der Waals surface area (Å²) in [6, 6.07) is 4.10. The Labute approximate surface area is 188 Å². The van der Waals surface area contributed by atoms with Crippen LogP contribution in [0.1, 0.15) is 42.9 Å². The van der Waals surface area contributed by atoms with E-state index in [1.807, 2.05) is 6.92 Å². The molecule has 0 aromatic heterocycles. The number of ether oxygens (including phenoxy) is 1. The number of aliphatic hydroxyl groups excluding tert-OH is 1. The number of nitrogens with zero attached hydrogens (tertiary/aromatic N) is 2. The number of likely N-dealkylation sites (tertiary alicyclic amines) is 1. The van der Waals surface area contributed by atoms with Gasteiger partial charge in [-0.05, 0) is 48.6 Å². The number of carbonyl (C=O) groups is 2. The highest BCUT2D eigenvalue weighted by Crippen LogP contribution is 2.35. The smallest absolute Gasteiger partial charge is 0.407 e. The van der Waals surface area contributed by atoms with Gasteiger partial charge in [0.2, 0.25) is 0 Å². The first-order valence-corrected chi connectivity index (χ1v) is 11.1. The lowest BCUT2D eigenvalue weighted by atomic mass is 9.90. The predicted molar refractivity (Wildman–Crippen MR) is 120 cm³/mol. The second kappa shape index (κ2) is 11.1. The number of aliphatic hydroxyl groups is 1. The van der Waals surface area contributed by atoms with E-state index in [4.69, 9.17) is 9.84 Å². The number of nitrogens with one attached hydrogen (secondary N) is 1. The maximum atomic E-state index is 13.7. The molecule has 3 amide bonds. The second-order valence-corrected chi connectivity index (χ2v) is 8.31. The van der Waals surface area contributed by atoms with Gasteiger partial charge < -0.3 is 25.0 Å². The maximum Gasteiger partial charge on any atom is 0.407 e. The van der Waals surface area contributed by atoms with E-state index in [9.17, 15) is 14.0 Å². The van der Waals surface area contributed by atoms with Gasteiger partial charge in [0.1, 0.15) is 11.9 Å². The molecule has 1 aromatic rings. The number of amides is 3. The van der Waals surface area contributed by atoms with Gasteiger partial charge in [-0.15, -0.1) is 0 Å². The van der Waals surface area contributed by atoms with Crippen LogP contribution < -0.4 is 5.32 Å². The van der Waals surface area contributed by atoms with Crippen LogP contribution in [0.25, 0.3) is 0 Å². The Morgan fingerprint density at radius 2 is 2.16 bits per heavy atom. The highest BCUT2D eigenvalue weighted by Gasteiger charge is 2.36. The number of rotatable bonds is 6. The summed E-state index contributed by atoms with van der Waals surface area (Å²) in [6.45, 7) is 2.70. The monoisotopic (exact) mass is 445 g/mol. The first-order valence-electron chi connectivity index (χ1n) is 11.1. The quantitative estimate of drug-likeness (QED) is 0.700. The number of benzene rings is 1. The number of piperidine rings is 1. The van der Waals surface area contributed by atoms with Gasteiger partial charge in [-0.1, -0.05) is 24.3 Å². The summed E-state index contributed by atoms with van der Waals surface area (Å²) in [7, 11) is 1.78. The van der Waals surface area contributed by atoms with Gasteiger partial charge >= 0.3 is 12.1 Å². The van der Waals surface area contributed by atoms with Crippen molar-refractivity contribution in [1.29, 1.82) is 0 Å². The summed E-state index contributed by atoms with van der Waals surface area (Å²) in [5, 5.41) is 11.4. The number of carbonyl (C=O) groups excluding carboxylic acids is 2. The van der Waals surface area contributed by atoms with Crippen molar-refractivity contribution in [1.82, 2.24) is 15.1 Å². The summed E-state index contributed by atoms with van der Waals surface area (Å²) in [5.74, 6) is -0.329. The Bertz CT molecular complexity index is 886. The van der Waals surface area contributed by atoms with Crippen LogP contribution in [-0.2, 0) is 4.74 Å². The van der Waals surface area contributed by atoms with Crippen molar-refractivity contribution in [2.45, 2.75) is 44.8 Å². The zero-order valence-electron chi connectivity index (χ0n) is 18.7. The molecule has 1 aliphatic heterocycles. The van der Waals surface area contributed by atoms with Crippen LogP contribution in [-0.4, -0.2) is 66.4 Å². The van der Waals surface area contributed by atoms with Gasteiger partial charge in [0.05, 0.1) is 12.6 Å². The molecule has 3 rings (SSSR count). The third kappa shape index (κ3) is 6.09. The van der Waals surface area contributed by atoms with Crippen LogP contribution in [0, 0.1) is 12.7 Å². The van der Waals surface area contributed by atoms with E-state index < -0.39 is 6.09 Å². The van der Waals surface area contributed by atoms with Gasteiger partial charge in [0.25, 0.3) is 0 Å². The molecule has 7 nitrogen and oxygen atoms in total. The molecule has 1 aromatic carbocycles. The molecule has 2 atom stereocenters. The standard InChI is InChI=1S/C24H32FN3O4/c1-17-14-19(25)8-9-21(17)22-15-20(32-23(30)26-11-13-29)10-12-28(22)24(31)27(2)16-18-6-4-3-5-7-18/h4,6-9,14,20,22,29H,3,5,10-13,15-16H2,1-2H3,(H,26,30)/t20-,22+/m0/s1. The fraction of sp³-hybridized carbons (Fsp3) is 0.500. The minimum absolute atomic E-state index is 0.109. The van der Waals surface area contributed by atoms with Crippen molar-refractivity contribution in [3.05, 3.63) is 58.9 Å². The van der Waals surface area contributed by atoms with Crippen LogP contribution in [0.15, 0.2) is 42.0 Å². The summed E-state index contributed by atoms with van der Waals surface area (Å²) in [5.41, 5.74) is 2.70. The summed E-state index contributed by atoms with van der Waals surface area (Å²) in [6.07, 6.45) is 8.26. The van der Waals surface area contributed by atoms with Gasteiger partial charge in [0, 0.05) is 39.5 Å². The first kappa shape index (κ1) is 23.8. The van der Waals surface area contributed by atoms with Crippen LogP contribution in [0.2, 0.25) is 0 Å². The minimum atomic E-state index is -0.591. The van der Waals surface area contributed by atoms with E-state index in [-0.39, 0.29) is 37.1 Å². The second-order valence-electron chi connectivity index (χ2n) is 8.31. The molecule has 0 spiro atoms. The van der Waals surface area contributed by atoms with Crippen molar-refractivity contribution in [2.75, 3.05) is 33.3 Å². The van der Waals surface area contributed by atoms with Gasteiger partial charge in [-0.25, -0.2) is 14.0 Å². The molecule has 32 heavy (non-hydrogen) atoms. The molecule has 1 fully saturated rings. The third-order valence-electron chi connectivity index (χ3n) is 5.86. The molecule has 0 unspecified atom stereocenters. The molecule has 8 heteroatoms. The number of urea groups is 1. The molecule has 2 aliphatic rings. The van der Waals surface area contributed by atoms with E-state index >= 15 is 0 Å². The van der Waals surface area contributed by atoms with E-state index in [0.717, 1.165) is 29.5 Å². The predicted octanol–water partition coefficient (Wildman–Crippen LogP) is 3.69. The van der Waals surface area contributed by atoms with Crippen molar-refractivity contribution in [3.63, 3.8) is 0 Å². The Kier molecular flexibility index (Phi) is 8.27. The number of alkyl carbamates (subject to hydrolysis) is 1. The molecular formula is C24H32FN3O4. The van der Waals surface area contributed by atoms with E-state index in [1.165, 1.54) is 12.1 Å². The van der Waals surface area contributed by atoms with Crippen molar-refractivity contribution in [2.24, 2.45) is 0 Å². The number of hydrogen-bond donors (Lipinski definition) is 2. The van der Waals surface area contributed by atoms with Crippen LogP contribution in [0.4, 0.5) is 14.0 Å². The Morgan fingerprint density at radius 3 is 2.84 bits per heavy atom. The van der Waals surface area contributed by atoms with Crippen LogP contribution in [0.5, 0.6) is 0 Å². The fourth-order valence-corrected chi connectivity index (χ4v) is 4.27. The van der Waals surface area contributed by atoms with Crippen molar-refractivity contribution >= 4 is 12.1 Å².